The van der Waals surface area contributed by atoms with E-state index >= 15 is 0 Å². The zero-order chi connectivity index (χ0) is 17.3. The molecule has 0 radical (unpaired) electrons. The highest BCUT2D eigenvalue weighted by Crippen LogP contribution is 2.25. The number of thiocarbonyl (C=S) groups is 1. The van der Waals surface area contributed by atoms with Crippen LogP contribution in [0.2, 0.25) is 0 Å². The molecule has 0 bridgehead atoms. The molecule has 0 saturated heterocycles. The van der Waals surface area contributed by atoms with Crippen LogP contribution in [0.1, 0.15) is 41.0 Å². The molecule has 0 aliphatic rings. The monoisotopic (exact) mass is 336 g/mol. The summed E-state index contributed by atoms with van der Waals surface area (Å²) in [6, 6.07) is 9.96. The number of nitrogens with one attached hydrogen (secondary N) is 2. The van der Waals surface area contributed by atoms with Crippen molar-refractivity contribution in [3.8, 4) is 0 Å². The van der Waals surface area contributed by atoms with Gasteiger partial charge in [-0.05, 0) is 48.0 Å². The number of anilines is 1. The number of para-hydroxylation sites is 1. The van der Waals surface area contributed by atoms with Crippen LogP contribution in [0, 0.1) is 17.3 Å². The Labute approximate surface area is 147 Å². The summed E-state index contributed by atoms with van der Waals surface area (Å²) >= 11 is 5.31. The largest absolute Gasteiger partial charge is 0.381 e. The quantitative estimate of drug-likeness (QED) is 0.641. The van der Waals surface area contributed by atoms with Crippen LogP contribution in [0.3, 0.4) is 0 Å². The van der Waals surface area contributed by atoms with Gasteiger partial charge in [0.2, 0.25) is 0 Å². The second-order valence-electron chi connectivity index (χ2n) is 7.58. The molecule has 2 N–H and O–H groups in total. The van der Waals surface area contributed by atoms with Gasteiger partial charge in [-0.1, -0.05) is 52.8 Å². The molecule has 130 valence electrons. The lowest BCUT2D eigenvalue weighted by molar-refractivity contribution is 0.0350. The minimum absolute atomic E-state index is 0.242. The van der Waals surface area contributed by atoms with E-state index in [4.69, 9.17) is 17.0 Å². The number of rotatable bonds is 9. The molecule has 1 unspecified atom stereocenters. The van der Waals surface area contributed by atoms with Crippen LogP contribution in [-0.2, 0) is 4.74 Å². The molecular formula is C19H32N2OS. The Balaban J connectivity index is 2.19. The highest BCUT2D eigenvalue weighted by molar-refractivity contribution is 7.80. The van der Waals surface area contributed by atoms with Gasteiger partial charge in [0, 0.05) is 12.2 Å². The van der Waals surface area contributed by atoms with Crippen molar-refractivity contribution in [1.82, 2.24) is 5.32 Å². The molecule has 0 fully saturated rings. The number of hydrogen-bond donors (Lipinski definition) is 2. The average molecular weight is 337 g/mol. The molecule has 0 spiro atoms. The SMILES string of the molecule is CC(C)CC(C)(C)COCC(C)CNC(=S)Nc1ccccc1. The molecule has 3 nitrogen and oxygen atoms in total. The van der Waals surface area contributed by atoms with Crippen LogP contribution >= 0.6 is 12.2 Å². The Bertz CT molecular complexity index is 460. The lowest BCUT2D eigenvalue weighted by Gasteiger charge is -2.27. The molecule has 0 saturated carbocycles. The topological polar surface area (TPSA) is 33.3 Å². The fourth-order valence-corrected chi connectivity index (χ4v) is 2.92. The van der Waals surface area contributed by atoms with Gasteiger partial charge in [0.15, 0.2) is 5.11 Å². The van der Waals surface area contributed by atoms with E-state index in [2.05, 4.69) is 45.3 Å². The smallest absolute Gasteiger partial charge is 0.170 e. The normalized spacial score (nSPS) is 13.0. The molecule has 1 aromatic rings. The van der Waals surface area contributed by atoms with Crippen LogP contribution in [0.5, 0.6) is 0 Å². The molecule has 4 heteroatoms. The molecule has 0 aliphatic heterocycles. The summed E-state index contributed by atoms with van der Waals surface area (Å²) in [6.45, 7) is 13.6. The third-order valence-corrected chi connectivity index (χ3v) is 3.75. The van der Waals surface area contributed by atoms with Gasteiger partial charge in [0.25, 0.3) is 0 Å². The maximum absolute atomic E-state index is 5.91. The molecule has 0 aromatic heterocycles. The summed E-state index contributed by atoms with van der Waals surface area (Å²) in [5.41, 5.74) is 1.25. The van der Waals surface area contributed by atoms with E-state index in [1.807, 2.05) is 30.3 Å². The highest BCUT2D eigenvalue weighted by atomic mass is 32.1. The summed E-state index contributed by atoms with van der Waals surface area (Å²) in [5.74, 6) is 1.12. The summed E-state index contributed by atoms with van der Waals surface area (Å²) in [7, 11) is 0. The van der Waals surface area contributed by atoms with Crippen LogP contribution in [0.15, 0.2) is 30.3 Å². The Kier molecular flexibility index (Phi) is 8.56. The second kappa shape index (κ2) is 9.89. The minimum atomic E-state index is 0.242. The van der Waals surface area contributed by atoms with E-state index in [0.29, 0.717) is 16.9 Å². The van der Waals surface area contributed by atoms with Gasteiger partial charge in [0.05, 0.1) is 13.2 Å². The van der Waals surface area contributed by atoms with E-state index in [-0.39, 0.29) is 5.41 Å². The minimum Gasteiger partial charge on any atom is -0.381 e. The number of benzene rings is 1. The van der Waals surface area contributed by atoms with Crippen molar-refractivity contribution in [3.63, 3.8) is 0 Å². The lowest BCUT2D eigenvalue weighted by Crippen LogP contribution is -2.34. The second-order valence-corrected chi connectivity index (χ2v) is 7.99. The van der Waals surface area contributed by atoms with Crippen molar-refractivity contribution in [2.75, 3.05) is 25.1 Å². The predicted octanol–water partition coefficient (Wildman–Crippen LogP) is 4.70. The van der Waals surface area contributed by atoms with E-state index in [1.165, 1.54) is 6.42 Å². The Hall–Kier alpha value is -1.13. The molecule has 0 aliphatic carbocycles. The standard InChI is InChI=1S/C19H32N2OS/c1-15(2)11-19(4,5)14-22-13-16(3)12-20-18(23)21-17-9-7-6-8-10-17/h6-10,15-16H,11-14H2,1-5H3,(H2,20,21,23). The van der Waals surface area contributed by atoms with Gasteiger partial charge >= 0.3 is 0 Å². The maximum atomic E-state index is 5.91. The van der Waals surface area contributed by atoms with Crippen LogP contribution in [-0.4, -0.2) is 24.9 Å². The fraction of sp³-hybridized carbons (Fsp3) is 0.632. The van der Waals surface area contributed by atoms with E-state index < -0.39 is 0 Å². The predicted molar refractivity (Wildman–Crippen MR) is 104 cm³/mol. The van der Waals surface area contributed by atoms with Crippen molar-refractivity contribution >= 4 is 23.0 Å². The van der Waals surface area contributed by atoms with Gasteiger partial charge < -0.3 is 15.4 Å². The van der Waals surface area contributed by atoms with Gasteiger partial charge in [-0.25, -0.2) is 0 Å². The van der Waals surface area contributed by atoms with Crippen LogP contribution < -0.4 is 10.6 Å². The zero-order valence-corrected chi connectivity index (χ0v) is 16.0. The molecule has 0 amide bonds. The molecule has 1 rings (SSSR count). The third-order valence-electron chi connectivity index (χ3n) is 3.50. The summed E-state index contributed by atoms with van der Waals surface area (Å²) < 4.78 is 5.91. The Morgan fingerprint density at radius 1 is 1.17 bits per heavy atom. The van der Waals surface area contributed by atoms with E-state index in [9.17, 15) is 0 Å². The van der Waals surface area contributed by atoms with Crippen molar-refractivity contribution in [3.05, 3.63) is 30.3 Å². The fourth-order valence-electron chi connectivity index (χ4n) is 2.72. The first-order chi connectivity index (χ1) is 10.8. The number of ether oxygens (including phenoxy) is 1. The van der Waals surface area contributed by atoms with Crippen molar-refractivity contribution in [2.24, 2.45) is 17.3 Å². The highest BCUT2D eigenvalue weighted by Gasteiger charge is 2.20. The van der Waals surface area contributed by atoms with Gasteiger partial charge in [-0.3, -0.25) is 0 Å². The molecule has 1 aromatic carbocycles. The summed E-state index contributed by atoms with van der Waals surface area (Å²) in [5, 5.41) is 7.09. The lowest BCUT2D eigenvalue weighted by atomic mass is 9.85. The van der Waals surface area contributed by atoms with Crippen LogP contribution in [0.4, 0.5) is 5.69 Å². The molecule has 1 atom stereocenters. The first-order valence-corrected chi connectivity index (χ1v) is 8.87. The zero-order valence-electron chi connectivity index (χ0n) is 15.2. The first kappa shape index (κ1) is 19.9. The number of hydrogen-bond acceptors (Lipinski definition) is 2. The Morgan fingerprint density at radius 3 is 2.43 bits per heavy atom. The van der Waals surface area contributed by atoms with E-state index in [0.717, 1.165) is 25.4 Å². The first-order valence-electron chi connectivity index (χ1n) is 8.46. The average Bonchev–Trinajstić information content (AvgIpc) is 2.44. The van der Waals surface area contributed by atoms with Gasteiger partial charge in [0.1, 0.15) is 0 Å². The summed E-state index contributed by atoms with van der Waals surface area (Å²) in [6.07, 6.45) is 1.19. The third kappa shape index (κ3) is 9.57. The van der Waals surface area contributed by atoms with Crippen LogP contribution in [0.25, 0.3) is 0 Å². The van der Waals surface area contributed by atoms with Gasteiger partial charge in [-0.2, -0.15) is 0 Å². The molecular weight excluding hydrogens is 304 g/mol. The molecule has 23 heavy (non-hydrogen) atoms. The Morgan fingerprint density at radius 2 is 1.83 bits per heavy atom. The van der Waals surface area contributed by atoms with Crippen molar-refractivity contribution in [1.29, 1.82) is 0 Å². The summed E-state index contributed by atoms with van der Waals surface area (Å²) in [4.78, 5) is 0. The van der Waals surface area contributed by atoms with Crippen molar-refractivity contribution in [2.45, 2.75) is 41.0 Å². The maximum Gasteiger partial charge on any atom is 0.170 e. The van der Waals surface area contributed by atoms with Gasteiger partial charge in [-0.15, -0.1) is 0 Å². The van der Waals surface area contributed by atoms with E-state index in [1.54, 1.807) is 0 Å². The van der Waals surface area contributed by atoms with Crippen molar-refractivity contribution < 1.29 is 4.74 Å². The molecule has 0 heterocycles.